The maximum Gasteiger partial charge on any atom is 0.317 e. The average molecular weight is 408 g/mol. The van der Waals surface area contributed by atoms with E-state index in [1.165, 1.54) is 30.9 Å². The van der Waals surface area contributed by atoms with Crippen LogP contribution >= 0.6 is 0 Å². The largest absolute Gasteiger partial charge is 0.468 e. The molecule has 6 heteroatoms. The van der Waals surface area contributed by atoms with Crippen LogP contribution in [-0.4, -0.2) is 61.8 Å². The number of methoxy groups -OCH3 is 1. The fourth-order valence-electron chi connectivity index (χ4n) is 8.30. The summed E-state index contributed by atoms with van der Waals surface area (Å²) < 4.78 is 11.7. The van der Waals surface area contributed by atoms with E-state index >= 15 is 0 Å². The Bertz CT molecular complexity index is 1000. The number of allylic oxidation sites excluding steroid dienone is 1. The summed E-state index contributed by atoms with van der Waals surface area (Å²) in [6.45, 7) is 4.40. The molecular formula is C24H28N2O4. The summed E-state index contributed by atoms with van der Waals surface area (Å²) in [6, 6.07) is 8.99. The molecule has 1 spiro atoms. The fraction of sp³-hybridized carbons (Fsp3) is 0.583. The Balaban J connectivity index is 1.69. The van der Waals surface area contributed by atoms with Crippen molar-refractivity contribution in [3.8, 4) is 0 Å². The summed E-state index contributed by atoms with van der Waals surface area (Å²) >= 11 is 0. The predicted octanol–water partition coefficient (Wildman–Crippen LogP) is 2.27. The molecule has 1 aliphatic carbocycles. The van der Waals surface area contributed by atoms with E-state index in [9.17, 15) is 9.59 Å². The van der Waals surface area contributed by atoms with Gasteiger partial charge in [-0.3, -0.25) is 14.5 Å². The third-order valence-corrected chi connectivity index (χ3v) is 8.97. The number of ether oxygens (including phenoxy) is 2. The first-order valence-corrected chi connectivity index (χ1v) is 10.9. The second-order valence-electron chi connectivity index (χ2n) is 9.64. The second kappa shape index (κ2) is 5.67. The van der Waals surface area contributed by atoms with Crippen LogP contribution in [0, 0.1) is 11.3 Å². The Morgan fingerprint density at radius 1 is 1.27 bits per heavy atom. The highest BCUT2D eigenvalue weighted by Gasteiger charge is 2.84. The monoisotopic (exact) mass is 408 g/mol. The third kappa shape index (κ3) is 1.71. The lowest BCUT2D eigenvalue weighted by Crippen LogP contribution is -2.71. The summed E-state index contributed by atoms with van der Waals surface area (Å²) in [7, 11) is 3.63. The number of piperidine rings is 4. The van der Waals surface area contributed by atoms with Crippen molar-refractivity contribution in [3.05, 3.63) is 41.5 Å². The van der Waals surface area contributed by atoms with Gasteiger partial charge in [0.25, 0.3) is 0 Å². The molecule has 0 N–H and O–H groups in total. The van der Waals surface area contributed by atoms with Crippen LogP contribution in [0.1, 0.15) is 32.3 Å². The van der Waals surface area contributed by atoms with E-state index in [0.717, 1.165) is 19.4 Å². The topological polar surface area (TPSA) is 59.1 Å². The molecule has 4 saturated heterocycles. The average Bonchev–Trinajstić information content (AvgIpc) is 3.14. The van der Waals surface area contributed by atoms with Crippen LogP contribution in [0.5, 0.6) is 0 Å². The molecule has 5 bridgehead atoms. The Kier molecular flexibility index (Phi) is 3.48. The van der Waals surface area contributed by atoms with Crippen LogP contribution in [0.15, 0.2) is 35.9 Å². The van der Waals surface area contributed by atoms with Crippen LogP contribution in [0.4, 0.5) is 5.69 Å². The number of para-hydroxylation sites is 1. The van der Waals surface area contributed by atoms with E-state index in [2.05, 4.69) is 54.1 Å². The van der Waals surface area contributed by atoms with Gasteiger partial charge < -0.3 is 14.4 Å². The van der Waals surface area contributed by atoms with Crippen molar-refractivity contribution in [2.75, 3.05) is 25.6 Å². The van der Waals surface area contributed by atoms with Gasteiger partial charge in [-0.25, -0.2) is 0 Å². The van der Waals surface area contributed by atoms with Crippen molar-refractivity contribution in [3.63, 3.8) is 0 Å². The summed E-state index contributed by atoms with van der Waals surface area (Å²) in [4.78, 5) is 31.0. The molecule has 1 aromatic rings. The van der Waals surface area contributed by atoms with Gasteiger partial charge in [0, 0.05) is 44.2 Å². The summed E-state index contributed by atoms with van der Waals surface area (Å²) in [5.74, 6) is -0.506. The Morgan fingerprint density at radius 3 is 2.73 bits per heavy atom. The molecule has 7 rings (SSSR count). The molecule has 158 valence electrons. The number of nitrogens with zero attached hydrogens (tertiary/aromatic N) is 2. The molecular weight excluding hydrogens is 380 g/mol. The SMILES string of the molecule is C/C=C1/CN2[C@H]3C[C@@]45c6ccccc6N(C)[C@@H]4[C@@H]2C[C@@H]1[C@]3(C(=O)OC)[C@H]5OC(C)=O. The Morgan fingerprint density at radius 2 is 2.03 bits per heavy atom. The predicted molar refractivity (Wildman–Crippen MR) is 111 cm³/mol. The van der Waals surface area contributed by atoms with Gasteiger partial charge in [0.2, 0.25) is 0 Å². The molecule has 0 amide bonds. The van der Waals surface area contributed by atoms with E-state index in [4.69, 9.17) is 9.47 Å². The smallest absolute Gasteiger partial charge is 0.317 e. The minimum absolute atomic E-state index is 0.0255. The Hall–Kier alpha value is -2.34. The number of esters is 2. The lowest BCUT2D eigenvalue weighted by molar-refractivity contribution is -0.187. The number of rotatable bonds is 2. The first-order valence-electron chi connectivity index (χ1n) is 10.9. The van der Waals surface area contributed by atoms with Gasteiger partial charge in [0.05, 0.1) is 18.6 Å². The lowest BCUT2D eigenvalue weighted by atomic mass is 9.58. The van der Waals surface area contributed by atoms with Gasteiger partial charge in [-0.1, -0.05) is 29.8 Å². The number of hydrogen-bond acceptors (Lipinski definition) is 6. The van der Waals surface area contributed by atoms with Gasteiger partial charge in [-0.2, -0.15) is 0 Å². The van der Waals surface area contributed by atoms with Crippen molar-refractivity contribution >= 4 is 17.6 Å². The minimum atomic E-state index is -0.857. The molecule has 0 radical (unpaired) electrons. The summed E-state index contributed by atoms with van der Waals surface area (Å²) in [5.41, 5.74) is 2.43. The van der Waals surface area contributed by atoms with E-state index in [0.29, 0.717) is 6.04 Å². The highest BCUT2D eigenvalue weighted by atomic mass is 16.6. The highest BCUT2D eigenvalue weighted by Crippen LogP contribution is 2.73. The first kappa shape index (κ1) is 18.4. The molecule has 8 atom stereocenters. The number of likely N-dealkylation sites (N-methyl/N-ethyl adjacent to an activating group) is 1. The van der Waals surface area contributed by atoms with E-state index in [1.807, 2.05) is 0 Å². The molecule has 5 fully saturated rings. The minimum Gasteiger partial charge on any atom is -0.468 e. The van der Waals surface area contributed by atoms with Gasteiger partial charge >= 0.3 is 11.9 Å². The van der Waals surface area contributed by atoms with Crippen molar-refractivity contribution in [1.82, 2.24) is 4.90 Å². The summed E-state index contributed by atoms with van der Waals surface area (Å²) in [6.07, 6.45) is 3.33. The van der Waals surface area contributed by atoms with Crippen LogP contribution in [-0.2, 0) is 24.5 Å². The van der Waals surface area contributed by atoms with Gasteiger partial charge in [-0.05, 0) is 31.4 Å². The first-order chi connectivity index (χ1) is 14.4. The fourth-order valence-corrected chi connectivity index (χ4v) is 8.30. The normalized spacial score (nSPS) is 45.5. The highest BCUT2D eigenvalue weighted by molar-refractivity contribution is 5.85. The van der Waals surface area contributed by atoms with Gasteiger partial charge in [-0.15, -0.1) is 0 Å². The van der Waals surface area contributed by atoms with Crippen molar-refractivity contribution < 1.29 is 19.1 Å². The lowest BCUT2D eigenvalue weighted by Gasteiger charge is -2.61. The van der Waals surface area contributed by atoms with Crippen molar-refractivity contribution in [1.29, 1.82) is 0 Å². The van der Waals surface area contributed by atoms with Gasteiger partial charge in [0.1, 0.15) is 11.5 Å². The number of carbonyl (C=O) groups excluding carboxylic acids is 2. The maximum atomic E-state index is 13.7. The molecule has 1 unspecified atom stereocenters. The zero-order chi connectivity index (χ0) is 21.0. The number of anilines is 1. The van der Waals surface area contributed by atoms with Crippen molar-refractivity contribution in [2.24, 2.45) is 11.3 Å². The van der Waals surface area contributed by atoms with Crippen LogP contribution < -0.4 is 4.90 Å². The quantitative estimate of drug-likeness (QED) is 0.553. The Labute approximate surface area is 176 Å². The summed E-state index contributed by atoms with van der Waals surface area (Å²) in [5, 5.41) is 0. The molecule has 30 heavy (non-hydrogen) atoms. The van der Waals surface area contributed by atoms with Crippen LogP contribution in [0.25, 0.3) is 0 Å². The van der Waals surface area contributed by atoms with Crippen LogP contribution in [0.2, 0.25) is 0 Å². The molecule has 1 aromatic carbocycles. The van der Waals surface area contributed by atoms with E-state index < -0.39 is 16.9 Å². The number of benzene rings is 1. The zero-order valence-corrected chi connectivity index (χ0v) is 17.9. The molecule has 0 aromatic heterocycles. The molecule has 6 nitrogen and oxygen atoms in total. The van der Waals surface area contributed by atoms with E-state index in [-0.39, 0.29) is 29.9 Å². The number of fused-ring (bicyclic) bond motifs is 2. The number of hydrogen-bond donors (Lipinski definition) is 0. The maximum absolute atomic E-state index is 13.7. The van der Waals surface area contributed by atoms with E-state index in [1.54, 1.807) is 0 Å². The second-order valence-corrected chi connectivity index (χ2v) is 9.64. The molecule has 1 saturated carbocycles. The van der Waals surface area contributed by atoms with Gasteiger partial charge in [0.15, 0.2) is 0 Å². The molecule has 5 heterocycles. The molecule has 6 aliphatic rings. The number of carbonyl (C=O) groups is 2. The molecule has 5 aliphatic heterocycles. The third-order valence-electron chi connectivity index (χ3n) is 8.97. The standard InChI is InChI=1S/C24H28N2O4/c1-5-14-12-26-18-10-16(14)24(22(28)29-4)19(26)11-23(21(24)30-13(2)27)15-8-6-7-9-17(15)25(3)20(18)23/h5-9,16,18-21H,10-12H2,1-4H3/b14-5-/t16-,18-,19-,20+,21-,23+,24+/m0/s1. The zero-order valence-electron chi connectivity index (χ0n) is 17.9. The van der Waals surface area contributed by atoms with Crippen LogP contribution in [0.3, 0.4) is 0 Å². The van der Waals surface area contributed by atoms with Crippen molar-refractivity contribution in [2.45, 2.75) is 56.3 Å².